The van der Waals surface area contributed by atoms with Crippen LogP contribution in [0.2, 0.25) is 0 Å². The summed E-state index contributed by atoms with van der Waals surface area (Å²) < 4.78 is 0. The number of hydrogen-bond donors (Lipinski definition) is 1. The molecule has 0 saturated carbocycles. The quantitative estimate of drug-likeness (QED) is 0.862. The number of piperidine rings is 1. The van der Waals surface area contributed by atoms with E-state index in [1.54, 1.807) is 24.3 Å². The van der Waals surface area contributed by atoms with Crippen molar-refractivity contribution in [1.82, 2.24) is 9.80 Å². The predicted molar refractivity (Wildman–Crippen MR) is 101 cm³/mol. The van der Waals surface area contributed by atoms with E-state index in [1.807, 2.05) is 16.7 Å². The standard InChI is InChI=1S/C20H31N3O2/c1-4-11-22(5-2)19(24)16-6-8-17(9-7-16)20(25)23-12-10-15(3)13-18(23)14-21/h6-9,15,18H,4-5,10-14,21H2,1-3H3. The highest BCUT2D eigenvalue weighted by Crippen LogP contribution is 2.24. The summed E-state index contributed by atoms with van der Waals surface area (Å²) in [6.07, 6.45) is 2.91. The van der Waals surface area contributed by atoms with Crippen molar-refractivity contribution < 1.29 is 9.59 Å². The minimum absolute atomic E-state index is 0.0160. The van der Waals surface area contributed by atoms with E-state index in [1.165, 1.54) is 0 Å². The highest BCUT2D eigenvalue weighted by Gasteiger charge is 2.29. The lowest BCUT2D eigenvalue weighted by molar-refractivity contribution is 0.0573. The maximum atomic E-state index is 12.8. The van der Waals surface area contributed by atoms with Crippen molar-refractivity contribution in [3.8, 4) is 0 Å². The summed E-state index contributed by atoms with van der Waals surface area (Å²) in [5.74, 6) is 0.647. The van der Waals surface area contributed by atoms with Gasteiger partial charge in [0, 0.05) is 43.3 Å². The van der Waals surface area contributed by atoms with Crippen LogP contribution in [-0.2, 0) is 0 Å². The van der Waals surface area contributed by atoms with Crippen LogP contribution < -0.4 is 5.73 Å². The van der Waals surface area contributed by atoms with E-state index in [0.717, 1.165) is 32.4 Å². The number of rotatable bonds is 6. The van der Waals surface area contributed by atoms with E-state index in [0.29, 0.717) is 30.1 Å². The van der Waals surface area contributed by atoms with E-state index >= 15 is 0 Å². The Labute approximate surface area is 151 Å². The summed E-state index contributed by atoms with van der Waals surface area (Å²) >= 11 is 0. The molecule has 0 radical (unpaired) electrons. The van der Waals surface area contributed by atoms with Crippen LogP contribution in [0.25, 0.3) is 0 Å². The molecule has 2 unspecified atom stereocenters. The Morgan fingerprint density at radius 1 is 1.20 bits per heavy atom. The van der Waals surface area contributed by atoms with E-state index < -0.39 is 0 Å². The molecule has 2 rings (SSSR count). The third-order valence-electron chi connectivity index (χ3n) is 5.05. The Morgan fingerprint density at radius 2 is 1.84 bits per heavy atom. The Morgan fingerprint density at radius 3 is 2.40 bits per heavy atom. The molecule has 2 N–H and O–H groups in total. The van der Waals surface area contributed by atoms with Crippen molar-refractivity contribution in [3.63, 3.8) is 0 Å². The largest absolute Gasteiger partial charge is 0.339 e. The number of hydrogen-bond acceptors (Lipinski definition) is 3. The molecule has 0 bridgehead atoms. The Balaban J connectivity index is 2.11. The minimum Gasteiger partial charge on any atom is -0.339 e. The molecule has 5 nitrogen and oxygen atoms in total. The van der Waals surface area contributed by atoms with Gasteiger partial charge in [-0.15, -0.1) is 0 Å². The van der Waals surface area contributed by atoms with Crippen LogP contribution in [0.4, 0.5) is 0 Å². The Hall–Kier alpha value is -1.88. The lowest BCUT2D eigenvalue weighted by atomic mass is 9.92. The molecule has 1 aliphatic rings. The average molecular weight is 345 g/mol. The summed E-state index contributed by atoms with van der Waals surface area (Å²) in [5, 5.41) is 0. The molecule has 0 aliphatic carbocycles. The second-order valence-electron chi connectivity index (χ2n) is 6.98. The lowest BCUT2D eigenvalue weighted by Crippen LogP contribution is -2.49. The third-order valence-corrected chi connectivity index (χ3v) is 5.05. The van der Waals surface area contributed by atoms with Gasteiger partial charge in [-0.3, -0.25) is 9.59 Å². The average Bonchev–Trinajstić information content (AvgIpc) is 2.65. The van der Waals surface area contributed by atoms with E-state index in [2.05, 4.69) is 13.8 Å². The molecule has 2 atom stereocenters. The fourth-order valence-corrected chi connectivity index (χ4v) is 3.52. The van der Waals surface area contributed by atoms with Crippen LogP contribution in [0.5, 0.6) is 0 Å². The van der Waals surface area contributed by atoms with Gasteiger partial charge in [0.15, 0.2) is 0 Å². The topological polar surface area (TPSA) is 66.6 Å². The van der Waals surface area contributed by atoms with Gasteiger partial charge in [0.1, 0.15) is 0 Å². The third kappa shape index (κ3) is 4.60. The van der Waals surface area contributed by atoms with Crippen molar-refractivity contribution >= 4 is 11.8 Å². The molecule has 1 fully saturated rings. The Bertz CT molecular complexity index is 585. The summed E-state index contributed by atoms with van der Waals surface area (Å²) in [7, 11) is 0. The molecule has 1 saturated heterocycles. The number of likely N-dealkylation sites (tertiary alicyclic amines) is 1. The molecule has 1 heterocycles. The Kier molecular flexibility index (Phi) is 7.00. The molecular weight excluding hydrogens is 314 g/mol. The van der Waals surface area contributed by atoms with Gasteiger partial charge < -0.3 is 15.5 Å². The molecule has 0 aromatic heterocycles. The molecule has 25 heavy (non-hydrogen) atoms. The zero-order valence-corrected chi connectivity index (χ0v) is 15.7. The highest BCUT2D eigenvalue weighted by molar-refractivity contribution is 5.98. The summed E-state index contributed by atoms with van der Waals surface area (Å²) in [6, 6.07) is 7.16. The van der Waals surface area contributed by atoms with Crippen LogP contribution >= 0.6 is 0 Å². The van der Waals surface area contributed by atoms with Gasteiger partial charge in [-0.1, -0.05) is 13.8 Å². The van der Waals surface area contributed by atoms with Gasteiger partial charge >= 0.3 is 0 Å². The number of amides is 2. The van der Waals surface area contributed by atoms with Crippen LogP contribution in [0.15, 0.2) is 24.3 Å². The summed E-state index contributed by atoms with van der Waals surface area (Å²) in [6.45, 7) is 8.94. The SMILES string of the molecule is CCCN(CC)C(=O)c1ccc(C(=O)N2CCC(C)CC2CN)cc1. The predicted octanol–water partition coefficient (Wildman–Crippen LogP) is 2.76. The van der Waals surface area contributed by atoms with Crippen molar-refractivity contribution in [3.05, 3.63) is 35.4 Å². The fraction of sp³-hybridized carbons (Fsp3) is 0.600. The van der Waals surface area contributed by atoms with E-state index in [-0.39, 0.29) is 17.9 Å². The monoisotopic (exact) mass is 345 g/mol. The zero-order chi connectivity index (χ0) is 18.4. The number of carbonyl (C=O) groups is 2. The van der Waals surface area contributed by atoms with Crippen molar-refractivity contribution in [1.29, 1.82) is 0 Å². The van der Waals surface area contributed by atoms with Crippen LogP contribution in [-0.4, -0.2) is 53.8 Å². The van der Waals surface area contributed by atoms with Crippen LogP contribution in [0, 0.1) is 5.92 Å². The summed E-state index contributed by atoms with van der Waals surface area (Å²) in [5.41, 5.74) is 7.13. The zero-order valence-electron chi connectivity index (χ0n) is 15.7. The smallest absolute Gasteiger partial charge is 0.254 e. The van der Waals surface area contributed by atoms with Gasteiger partial charge in [-0.25, -0.2) is 0 Å². The number of carbonyl (C=O) groups excluding carboxylic acids is 2. The highest BCUT2D eigenvalue weighted by atomic mass is 16.2. The molecule has 1 aromatic rings. The van der Waals surface area contributed by atoms with Gasteiger partial charge in [0.25, 0.3) is 11.8 Å². The fourth-order valence-electron chi connectivity index (χ4n) is 3.52. The van der Waals surface area contributed by atoms with Gasteiger partial charge in [-0.2, -0.15) is 0 Å². The summed E-state index contributed by atoms with van der Waals surface area (Å²) in [4.78, 5) is 29.0. The van der Waals surface area contributed by atoms with Gasteiger partial charge in [0.2, 0.25) is 0 Å². The maximum Gasteiger partial charge on any atom is 0.254 e. The molecule has 1 aromatic carbocycles. The molecule has 138 valence electrons. The molecule has 2 amide bonds. The van der Waals surface area contributed by atoms with Crippen LogP contribution in [0.3, 0.4) is 0 Å². The molecular formula is C20H31N3O2. The van der Waals surface area contributed by atoms with E-state index in [9.17, 15) is 9.59 Å². The number of benzene rings is 1. The van der Waals surface area contributed by atoms with Crippen molar-refractivity contribution in [2.75, 3.05) is 26.2 Å². The number of nitrogens with two attached hydrogens (primary N) is 1. The minimum atomic E-state index is 0.0160. The second kappa shape index (κ2) is 8.99. The molecule has 1 aliphatic heterocycles. The first-order valence-corrected chi connectivity index (χ1v) is 9.42. The maximum absolute atomic E-state index is 12.8. The van der Waals surface area contributed by atoms with Gasteiger partial charge in [-0.05, 0) is 56.4 Å². The molecule has 0 spiro atoms. The molecule has 5 heteroatoms. The van der Waals surface area contributed by atoms with Crippen LogP contribution in [0.1, 0.15) is 60.7 Å². The first-order valence-electron chi connectivity index (χ1n) is 9.42. The lowest BCUT2D eigenvalue weighted by Gasteiger charge is -2.38. The first kappa shape index (κ1) is 19.4. The second-order valence-corrected chi connectivity index (χ2v) is 6.98. The van der Waals surface area contributed by atoms with Gasteiger partial charge in [0.05, 0.1) is 0 Å². The van der Waals surface area contributed by atoms with Crippen molar-refractivity contribution in [2.45, 2.75) is 46.1 Å². The first-order chi connectivity index (χ1) is 12.0. The van der Waals surface area contributed by atoms with E-state index in [4.69, 9.17) is 5.73 Å². The normalized spacial score (nSPS) is 20.4. The van der Waals surface area contributed by atoms with Crippen molar-refractivity contribution in [2.24, 2.45) is 11.7 Å². The number of nitrogens with zero attached hydrogens (tertiary/aromatic N) is 2.